The molecule has 34 heavy (non-hydrogen) atoms. The van der Waals surface area contributed by atoms with Gasteiger partial charge in [0, 0.05) is 6.42 Å². The van der Waals surface area contributed by atoms with Crippen LogP contribution in [-0.4, -0.2) is 39.4 Å². The Hall–Kier alpha value is -3.64. The Bertz CT molecular complexity index is 1380. The highest BCUT2D eigenvalue weighted by atomic mass is 16.5. The molecule has 1 aliphatic rings. The highest BCUT2D eigenvalue weighted by Gasteiger charge is 2.30. The molecule has 0 fully saturated rings. The molecule has 0 saturated heterocycles. The van der Waals surface area contributed by atoms with Crippen molar-refractivity contribution in [3.05, 3.63) is 101 Å². The number of rotatable bonds is 7. The van der Waals surface area contributed by atoms with Gasteiger partial charge in [-0.25, -0.2) is 4.99 Å². The van der Waals surface area contributed by atoms with E-state index >= 15 is 0 Å². The predicted molar refractivity (Wildman–Crippen MR) is 134 cm³/mol. The Morgan fingerprint density at radius 3 is 2.18 bits per heavy atom. The van der Waals surface area contributed by atoms with Crippen LogP contribution in [0.4, 0.5) is 0 Å². The van der Waals surface area contributed by atoms with E-state index in [4.69, 9.17) is 4.74 Å². The number of para-hydroxylation sites is 2. The van der Waals surface area contributed by atoms with E-state index < -0.39 is 0 Å². The number of ether oxygens (including phenoxy) is 1. The molecule has 0 spiro atoms. The Morgan fingerprint density at radius 2 is 1.56 bits per heavy atom. The van der Waals surface area contributed by atoms with Crippen LogP contribution >= 0.6 is 0 Å². The number of aryl methyl sites for hydroxylation is 2. The minimum Gasteiger partial charge on any atom is -0.472 e. The number of nitrogens with zero attached hydrogens (tertiary/aromatic N) is 3. The van der Waals surface area contributed by atoms with E-state index in [-0.39, 0.29) is 18.8 Å². The van der Waals surface area contributed by atoms with Crippen LogP contribution in [0.2, 0.25) is 0 Å². The number of aromatic nitrogens is 2. The van der Waals surface area contributed by atoms with Crippen LogP contribution in [0, 0.1) is 19.3 Å². The number of hydrogen-bond donors (Lipinski definition) is 2. The van der Waals surface area contributed by atoms with Crippen molar-refractivity contribution in [2.75, 3.05) is 13.2 Å². The largest absolute Gasteiger partial charge is 0.472 e. The first-order chi connectivity index (χ1) is 16.5. The van der Waals surface area contributed by atoms with E-state index in [0.717, 1.165) is 22.2 Å². The Labute approximate surface area is 199 Å². The van der Waals surface area contributed by atoms with Crippen LogP contribution in [-0.2, 0) is 17.7 Å². The standard InChI is InChI=1S/C28H30N4O2/c1-19-7-11-21(12-8-19)15-26(27-30-16-23(18-33)34-27)32-25-6-4-3-5-24(25)31(28(32)29)17-22-13-9-20(2)10-14-22/h3-14,23,26,29,33H,15-18H2,1-2H3. The van der Waals surface area contributed by atoms with E-state index in [1.807, 2.05) is 21.3 Å². The minimum absolute atomic E-state index is 0.0716. The molecule has 2 unspecified atom stereocenters. The SMILES string of the molecule is Cc1ccc(CC(C2=NCC(CO)O2)n2c(=N)n(Cc3ccc(C)cc3)c3ccccc32)cc1. The van der Waals surface area contributed by atoms with Crippen molar-refractivity contribution in [1.82, 2.24) is 9.13 Å². The van der Waals surface area contributed by atoms with Crippen molar-refractivity contribution in [3.8, 4) is 0 Å². The third kappa shape index (κ3) is 4.29. The molecular weight excluding hydrogens is 424 g/mol. The average molecular weight is 455 g/mol. The van der Waals surface area contributed by atoms with Gasteiger partial charge in [0.1, 0.15) is 12.1 Å². The fourth-order valence-electron chi connectivity index (χ4n) is 4.56. The summed E-state index contributed by atoms with van der Waals surface area (Å²) in [5.74, 6) is 0.580. The van der Waals surface area contributed by atoms with Gasteiger partial charge in [-0.05, 0) is 37.1 Å². The number of hydrogen-bond acceptors (Lipinski definition) is 4. The normalized spacial score (nSPS) is 16.4. The molecule has 1 aliphatic heterocycles. The van der Waals surface area contributed by atoms with Crippen molar-refractivity contribution in [2.45, 2.75) is 39.0 Å². The summed E-state index contributed by atoms with van der Waals surface area (Å²) >= 11 is 0. The Morgan fingerprint density at radius 1 is 0.941 bits per heavy atom. The Balaban J connectivity index is 1.62. The molecule has 0 bridgehead atoms. The molecule has 6 nitrogen and oxygen atoms in total. The van der Waals surface area contributed by atoms with E-state index in [1.165, 1.54) is 11.1 Å². The highest BCUT2D eigenvalue weighted by Crippen LogP contribution is 2.25. The lowest BCUT2D eigenvalue weighted by atomic mass is 10.0. The lowest BCUT2D eigenvalue weighted by molar-refractivity contribution is 0.123. The maximum absolute atomic E-state index is 9.62. The topological polar surface area (TPSA) is 75.5 Å². The lowest BCUT2D eigenvalue weighted by Gasteiger charge is -2.21. The van der Waals surface area contributed by atoms with Gasteiger partial charge >= 0.3 is 0 Å². The van der Waals surface area contributed by atoms with E-state index in [2.05, 4.69) is 79.5 Å². The van der Waals surface area contributed by atoms with Gasteiger partial charge in [-0.1, -0.05) is 71.8 Å². The van der Waals surface area contributed by atoms with Crippen molar-refractivity contribution in [2.24, 2.45) is 4.99 Å². The molecule has 2 N–H and O–H groups in total. The fourth-order valence-corrected chi connectivity index (χ4v) is 4.56. The van der Waals surface area contributed by atoms with E-state index in [1.54, 1.807) is 0 Å². The number of aliphatic hydroxyl groups is 1. The maximum Gasteiger partial charge on any atom is 0.208 e. The van der Waals surface area contributed by atoms with Crippen molar-refractivity contribution in [3.63, 3.8) is 0 Å². The van der Waals surface area contributed by atoms with Gasteiger partial charge in [-0.15, -0.1) is 0 Å². The molecule has 5 rings (SSSR count). The van der Waals surface area contributed by atoms with Crippen LogP contribution < -0.4 is 5.62 Å². The fraction of sp³-hybridized carbons (Fsp3) is 0.286. The van der Waals surface area contributed by atoms with Gasteiger partial charge in [0.15, 0.2) is 0 Å². The third-order valence-corrected chi connectivity index (χ3v) is 6.47. The number of nitrogens with one attached hydrogen (secondary N) is 1. The highest BCUT2D eigenvalue weighted by molar-refractivity contribution is 5.85. The molecule has 0 aliphatic carbocycles. The summed E-state index contributed by atoms with van der Waals surface area (Å²) in [6.07, 6.45) is 0.318. The molecule has 3 aromatic carbocycles. The van der Waals surface area contributed by atoms with Crippen LogP contribution in [0.1, 0.15) is 28.3 Å². The zero-order valence-corrected chi connectivity index (χ0v) is 19.6. The van der Waals surface area contributed by atoms with Gasteiger partial charge in [-0.3, -0.25) is 9.98 Å². The number of fused-ring (bicyclic) bond motifs is 1. The van der Waals surface area contributed by atoms with Crippen molar-refractivity contribution in [1.29, 1.82) is 5.41 Å². The summed E-state index contributed by atoms with van der Waals surface area (Å²) in [6, 6.07) is 24.8. The van der Waals surface area contributed by atoms with Gasteiger partial charge < -0.3 is 14.4 Å². The first-order valence-corrected chi connectivity index (χ1v) is 11.7. The second-order valence-electron chi connectivity index (χ2n) is 9.06. The predicted octanol–water partition coefficient (Wildman–Crippen LogP) is 4.16. The molecule has 0 radical (unpaired) electrons. The molecule has 2 atom stereocenters. The molecule has 174 valence electrons. The van der Waals surface area contributed by atoms with Crippen LogP contribution in [0.25, 0.3) is 11.0 Å². The molecule has 4 aromatic rings. The summed E-state index contributed by atoms with van der Waals surface area (Å²) in [7, 11) is 0. The average Bonchev–Trinajstić information content (AvgIpc) is 3.44. The summed E-state index contributed by atoms with van der Waals surface area (Å²) in [4.78, 5) is 4.65. The first-order valence-electron chi connectivity index (χ1n) is 11.7. The maximum atomic E-state index is 9.62. The summed E-state index contributed by atoms with van der Waals surface area (Å²) in [6.45, 7) is 5.13. The van der Waals surface area contributed by atoms with E-state index in [0.29, 0.717) is 31.0 Å². The van der Waals surface area contributed by atoms with Crippen molar-refractivity contribution >= 4 is 16.9 Å². The summed E-state index contributed by atoms with van der Waals surface area (Å²) < 4.78 is 10.1. The number of aliphatic imine (C=N–C) groups is 1. The molecule has 0 saturated carbocycles. The van der Waals surface area contributed by atoms with Crippen LogP contribution in [0.3, 0.4) is 0 Å². The molecule has 2 heterocycles. The smallest absolute Gasteiger partial charge is 0.208 e. The van der Waals surface area contributed by atoms with Crippen molar-refractivity contribution < 1.29 is 9.84 Å². The molecular formula is C28H30N4O2. The van der Waals surface area contributed by atoms with Gasteiger partial charge in [-0.2, -0.15) is 0 Å². The summed E-state index contributed by atoms with van der Waals surface area (Å²) in [5.41, 5.74) is 7.09. The van der Waals surface area contributed by atoms with E-state index in [9.17, 15) is 10.5 Å². The zero-order chi connectivity index (χ0) is 23.7. The van der Waals surface area contributed by atoms with Crippen LogP contribution in [0.5, 0.6) is 0 Å². The van der Waals surface area contributed by atoms with Gasteiger partial charge in [0.05, 0.1) is 30.7 Å². The molecule has 1 aromatic heterocycles. The second kappa shape index (κ2) is 9.31. The number of benzene rings is 3. The third-order valence-electron chi connectivity index (χ3n) is 6.47. The lowest BCUT2D eigenvalue weighted by Crippen LogP contribution is -2.34. The zero-order valence-electron chi connectivity index (χ0n) is 19.6. The second-order valence-corrected chi connectivity index (χ2v) is 9.06. The Kier molecular flexibility index (Phi) is 6.07. The first kappa shape index (κ1) is 22.2. The molecule has 0 amide bonds. The quantitative estimate of drug-likeness (QED) is 0.440. The summed E-state index contributed by atoms with van der Waals surface area (Å²) in [5, 5.41) is 18.8. The number of imidazole rings is 1. The van der Waals surface area contributed by atoms with Gasteiger partial charge in [0.25, 0.3) is 0 Å². The molecule has 6 heteroatoms. The van der Waals surface area contributed by atoms with Gasteiger partial charge in [0.2, 0.25) is 11.5 Å². The number of aliphatic hydroxyl groups excluding tert-OH is 1. The minimum atomic E-state index is -0.328. The monoisotopic (exact) mass is 454 g/mol. The van der Waals surface area contributed by atoms with Crippen LogP contribution in [0.15, 0.2) is 77.8 Å².